The minimum absolute atomic E-state index is 0.159. The van der Waals surface area contributed by atoms with Gasteiger partial charge in [-0.1, -0.05) is 19.9 Å². The minimum atomic E-state index is -0.552. The van der Waals surface area contributed by atoms with E-state index in [1.165, 1.54) is 7.11 Å². The Bertz CT molecular complexity index is 628. The maximum atomic E-state index is 12.2. The van der Waals surface area contributed by atoms with Gasteiger partial charge >= 0.3 is 12.1 Å². The van der Waals surface area contributed by atoms with Crippen molar-refractivity contribution in [3.8, 4) is 0 Å². The van der Waals surface area contributed by atoms with Crippen LogP contribution in [0.25, 0.3) is 0 Å². The van der Waals surface area contributed by atoms with Crippen LogP contribution in [-0.2, 0) is 15.9 Å². The summed E-state index contributed by atoms with van der Waals surface area (Å²) in [6.07, 6.45) is 0.372. The van der Waals surface area contributed by atoms with Crippen LogP contribution in [0.5, 0.6) is 0 Å². The molecule has 0 bridgehead atoms. The van der Waals surface area contributed by atoms with Crippen LogP contribution in [0.1, 0.15) is 62.1 Å². The zero-order valence-electron chi connectivity index (χ0n) is 14.6. The summed E-state index contributed by atoms with van der Waals surface area (Å²) >= 11 is 0. The van der Waals surface area contributed by atoms with E-state index in [0.717, 1.165) is 17.5 Å². The molecule has 0 saturated carbocycles. The quantitative estimate of drug-likeness (QED) is 0.846. The molecule has 1 amide bonds. The van der Waals surface area contributed by atoms with E-state index in [-0.39, 0.29) is 17.4 Å². The van der Waals surface area contributed by atoms with Gasteiger partial charge in [0, 0.05) is 0 Å². The Hall–Kier alpha value is -2.04. The molecule has 126 valence electrons. The van der Waals surface area contributed by atoms with Crippen molar-refractivity contribution >= 4 is 12.1 Å². The number of rotatable bonds is 2. The molecule has 1 atom stereocenters. The fourth-order valence-electron chi connectivity index (χ4n) is 2.98. The van der Waals surface area contributed by atoms with Crippen molar-refractivity contribution in [2.75, 3.05) is 7.11 Å². The van der Waals surface area contributed by atoms with Crippen LogP contribution in [0.2, 0.25) is 0 Å². The number of benzene rings is 1. The molecule has 5 nitrogen and oxygen atoms in total. The van der Waals surface area contributed by atoms with Crippen molar-refractivity contribution in [2.45, 2.75) is 52.7 Å². The average Bonchev–Trinajstić information content (AvgIpc) is 2.66. The molecule has 1 aromatic carbocycles. The highest BCUT2D eigenvalue weighted by molar-refractivity contribution is 5.89. The van der Waals surface area contributed by atoms with Gasteiger partial charge in [-0.05, 0) is 55.9 Å². The smallest absolute Gasteiger partial charge is 0.408 e. The third-order valence-electron chi connectivity index (χ3n) is 3.97. The van der Waals surface area contributed by atoms with Crippen molar-refractivity contribution in [3.05, 3.63) is 34.9 Å². The van der Waals surface area contributed by atoms with E-state index in [1.54, 1.807) is 12.1 Å². The predicted octanol–water partition coefficient (Wildman–Crippen LogP) is 3.62. The first kappa shape index (κ1) is 17.3. The molecular formula is C18H25NO4. The molecule has 0 unspecified atom stereocenters. The lowest BCUT2D eigenvalue weighted by Gasteiger charge is -2.30. The normalized spacial score (nSPS) is 19.0. The Morgan fingerprint density at radius 2 is 1.91 bits per heavy atom. The second-order valence-electron chi connectivity index (χ2n) is 7.65. The molecule has 1 aliphatic rings. The number of ether oxygens (including phenoxy) is 2. The number of hydrogen-bond donors (Lipinski definition) is 1. The summed E-state index contributed by atoms with van der Waals surface area (Å²) in [6.45, 7) is 9.67. The van der Waals surface area contributed by atoms with Gasteiger partial charge in [-0.25, -0.2) is 9.59 Å². The largest absolute Gasteiger partial charge is 0.465 e. The summed E-state index contributed by atoms with van der Waals surface area (Å²) in [7, 11) is 1.36. The van der Waals surface area contributed by atoms with Crippen molar-refractivity contribution in [2.24, 2.45) is 5.41 Å². The van der Waals surface area contributed by atoms with Crippen molar-refractivity contribution in [3.63, 3.8) is 0 Å². The molecule has 23 heavy (non-hydrogen) atoms. The van der Waals surface area contributed by atoms with Gasteiger partial charge in [-0.2, -0.15) is 0 Å². The molecule has 0 aromatic heterocycles. The Labute approximate surface area is 137 Å². The minimum Gasteiger partial charge on any atom is -0.465 e. The number of hydrogen-bond acceptors (Lipinski definition) is 4. The van der Waals surface area contributed by atoms with Crippen LogP contribution < -0.4 is 5.32 Å². The number of fused-ring (bicyclic) bond motifs is 1. The monoisotopic (exact) mass is 319 g/mol. The number of esters is 1. The summed E-state index contributed by atoms with van der Waals surface area (Å²) in [5.41, 5.74) is 1.85. The molecule has 1 N–H and O–H groups in total. The van der Waals surface area contributed by atoms with E-state index in [0.29, 0.717) is 5.56 Å². The van der Waals surface area contributed by atoms with Gasteiger partial charge in [0.15, 0.2) is 0 Å². The number of nitrogens with one attached hydrogen (secondary N) is 1. The Morgan fingerprint density at radius 1 is 1.26 bits per heavy atom. The zero-order valence-corrected chi connectivity index (χ0v) is 14.6. The second-order valence-corrected chi connectivity index (χ2v) is 7.65. The average molecular weight is 319 g/mol. The molecular weight excluding hydrogens is 294 g/mol. The highest BCUT2D eigenvalue weighted by Crippen LogP contribution is 2.45. The summed E-state index contributed by atoms with van der Waals surface area (Å²) < 4.78 is 10.1. The number of amides is 1. The molecule has 2 rings (SSSR count). The van der Waals surface area contributed by atoms with E-state index >= 15 is 0 Å². The SMILES string of the molecule is COC(=O)c1ccc2c(c1)[C@@H](NC(=O)OC(C)(C)C)C(C)(C)C2. The van der Waals surface area contributed by atoms with Crippen molar-refractivity contribution in [1.82, 2.24) is 5.32 Å². The predicted molar refractivity (Wildman–Crippen MR) is 87.4 cm³/mol. The first-order valence-corrected chi connectivity index (χ1v) is 7.74. The van der Waals surface area contributed by atoms with E-state index in [2.05, 4.69) is 19.2 Å². The zero-order chi connectivity index (χ0) is 17.4. The van der Waals surface area contributed by atoms with E-state index in [9.17, 15) is 9.59 Å². The third kappa shape index (κ3) is 3.84. The Morgan fingerprint density at radius 3 is 2.48 bits per heavy atom. The molecule has 0 saturated heterocycles. The summed E-state index contributed by atoms with van der Waals surface area (Å²) in [4.78, 5) is 23.9. The molecule has 0 heterocycles. The van der Waals surface area contributed by atoms with Crippen molar-refractivity contribution in [1.29, 1.82) is 0 Å². The topological polar surface area (TPSA) is 64.6 Å². The standard InChI is InChI=1S/C18H25NO4/c1-17(2,3)23-16(21)19-14-13-9-11(15(20)22-6)7-8-12(13)10-18(14,4)5/h7-9,14H,10H2,1-6H3,(H,19,21)/t14-/m1/s1. The molecule has 1 aliphatic carbocycles. The lowest BCUT2D eigenvalue weighted by atomic mass is 9.85. The maximum absolute atomic E-state index is 12.2. The summed E-state index contributed by atoms with van der Waals surface area (Å²) in [5.74, 6) is -0.381. The van der Waals surface area contributed by atoms with Gasteiger partial charge in [0.2, 0.25) is 0 Å². The molecule has 0 spiro atoms. The fraction of sp³-hybridized carbons (Fsp3) is 0.556. The van der Waals surface area contributed by atoms with Gasteiger partial charge in [0.1, 0.15) is 5.60 Å². The molecule has 0 fully saturated rings. The van der Waals surface area contributed by atoms with Crippen LogP contribution >= 0.6 is 0 Å². The lowest BCUT2D eigenvalue weighted by Crippen LogP contribution is -2.39. The molecule has 0 radical (unpaired) electrons. The van der Waals surface area contributed by atoms with Gasteiger partial charge in [-0.3, -0.25) is 0 Å². The van der Waals surface area contributed by atoms with Gasteiger partial charge in [0.25, 0.3) is 0 Å². The molecule has 0 aliphatic heterocycles. The van der Waals surface area contributed by atoms with Crippen molar-refractivity contribution < 1.29 is 19.1 Å². The van der Waals surface area contributed by atoms with Gasteiger partial charge in [0.05, 0.1) is 18.7 Å². The highest BCUT2D eigenvalue weighted by Gasteiger charge is 2.40. The summed E-state index contributed by atoms with van der Waals surface area (Å²) in [5, 5.41) is 2.95. The van der Waals surface area contributed by atoms with Crippen LogP contribution in [-0.4, -0.2) is 24.8 Å². The van der Waals surface area contributed by atoms with E-state index in [1.807, 2.05) is 26.8 Å². The first-order valence-electron chi connectivity index (χ1n) is 7.74. The molecule has 1 aromatic rings. The number of alkyl carbamates (subject to hydrolysis) is 1. The lowest BCUT2D eigenvalue weighted by molar-refractivity contribution is 0.0465. The number of methoxy groups -OCH3 is 1. The van der Waals surface area contributed by atoms with E-state index < -0.39 is 11.7 Å². The Kier molecular flexibility index (Phi) is 4.42. The first-order chi connectivity index (χ1) is 10.5. The number of carbonyl (C=O) groups excluding carboxylic acids is 2. The van der Waals surface area contributed by atoms with Crippen LogP contribution in [0.4, 0.5) is 4.79 Å². The third-order valence-corrected chi connectivity index (χ3v) is 3.97. The highest BCUT2D eigenvalue weighted by atomic mass is 16.6. The van der Waals surface area contributed by atoms with E-state index in [4.69, 9.17) is 9.47 Å². The summed E-state index contributed by atoms with van der Waals surface area (Å²) in [6, 6.07) is 5.28. The van der Waals surface area contributed by atoms with Crippen LogP contribution in [0.15, 0.2) is 18.2 Å². The van der Waals surface area contributed by atoms with Gasteiger partial charge in [-0.15, -0.1) is 0 Å². The molecule has 5 heteroatoms. The van der Waals surface area contributed by atoms with Crippen LogP contribution in [0.3, 0.4) is 0 Å². The second kappa shape index (κ2) is 5.87. The number of carbonyl (C=O) groups is 2. The van der Waals surface area contributed by atoms with Crippen LogP contribution in [0, 0.1) is 5.41 Å². The fourth-order valence-corrected chi connectivity index (χ4v) is 2.98. The maximum Gasteiger partial charge on any atom is 0.408 e. The van der Waals surface area contributed by atoms with Gasteiger partial charge < -0.3 is 14.8 Å². The Balaban J connectivity index is 2.30.